The molecule has 2 aromatic rings. The monoisotopic (exact) mass is 484 g/mol. The highest BCUT2D eigenvalue weighted by Crippen LogP contribution is 2.32. The van der Waals surface area contributed by atoms with E-state index in [-0.39, 0.29) is 28.2 Å². The van der Waals surface area contributed by atoms with Crippen LogP contribution >= 0.6 is 0 Å². The number of carbonyl (C=O) groups is 2. The minimum absolute atomic E-state index is 0.0167. The molecule has 2 aliphatic heterocycles. The van der Waals surface area contributed by atoms with Crippen LogP contribution in [0, 0.1) is 12.8 Å². The number of hydrogen-bond acceptors (Lipinski definition) is 6. The Balaban J connectivity index is 1.55. The molecule has 0 radical (unpaired) electrons. The maximum atomic E-state index is 13.4. The molecule has 1 unspecified atom stereocenters. The molecule has 182 valence electrons. The maximum absolute atomic E-state index is 13.4. The molecular formula is C25H32N4O4S. The van der Waals surface area contributed by atoms with E-state index >= 15 is 0 Å². The first kappa shape index (κ1) is 24.2. The molecule has 2 atom stereocenters. The summed E-state index contributed by atoms with van der Waals surface area (Å²) in [5, 5.41) is 2.82. The topological polar surface area (TPSA) is 99.7 Å². The van der Waals surface area contributed by atoms with Crippen LogP contribution in [0.25, 0.3) is 0 Å². The molecule has 0 aliphatic carbocycles. The maximum Gasteiger partial charge on any atom is 0.255 e. The summed E-state index contributed by atoms with van der Waals surface area (Å²) < 4.78 is 25.2. The van der Waals surface area contributed by atoms with Crippen LogP contribution in [0.5, 0.6) is 0 Å². The largest absolute Gasteiger partial charge is 0.355 e. The average Bonchev–Trinajstić information content (AvgIpc) is 3.15. The van der Waals surface area contributed by atoms with Gasteiger partial charge in [0.05, 0.1) is 16.4 Å². The molecule has 8 nitrogen and oxygen atoms in total. The van der Waals surface area contributed by atoms with Gasteiger partial charge < -0.3 is 15.1 Å². The third-order valence-corrected chi connectivity index (χ3v) is 7.96. The highest BCUT2D eigenvalue weighted by atomic mass is 32.2. The van der Waals surface area contributed by atoms with E-state index in [1.54, 1.807) is 17.0 Å². The van der Waals surface area contributed by atoms with Crippen molar-refractivity contribution in [1.29, 1.82) is 0 Å². The second-order valence-electron chi connectivity index (χ2n) is 9.34. The van der Waals surface area contributed by atoms with Gasteiger partial charge in [-0.1, -0.05) is 26.0 Å². The highest BCUT2D eigenvalue weighted by Gasteiger charge is 2.34. The lowest BCUT2D eigenvalue weighted by Gasteiger charge is -2.36. The number of piperazine rings is 1. The van der Waals surface area contributed by atoms with Crippen molar-refractivity contribution in [3.8, 4) is 0 Å². The molecule has 1 aromatic heterocycles. The molecule has 34 heavy (non-hydrogen) atoms. The molecule has 2 aliphatic rings. The lowest BCUT2D eigenvalue weighted by Crippen LogP contribution is -2.49. The minimum Gasteiger partial charge on any atom is -0.355 e. The predicted molar refractivity (Wildman–Crippen MR) is 131 cm³/mol. The van der Waals surface area contributed by atoms with Crippen LogP contribution in [0.4, 0.5) is 5.82 Å². The molecule has 4 rings (SSSR count). The molecule has 1 aromatic carbocycles. The zero-order chi connectivity index (χ0) is 24.6. The van der Waals surface area contributed by atoms with E-state index in [1.165, 1.54) is 11.6 Å². The van der Waals surface area contributed by atoms with Crippen molar-refractivity contribution in [1.82, 2.24) is 15.2 Å². The summed E-state index contributed by atoms with van der Waals surface area (Å²) in [5.41, 5.74) is 3.09. The summed E-state index contributed by atoms with van der Waals surface area (Å²) in [6, 6.07) is 6.93. The third-order valence-electron chi connectivity index (χ3n) is 6.83. The van der Waals surface area contributed by atoms with E-state index in [1.807, 2.05) is 20.0 Å². The number of pyridine rings is 1. The summed E-state index contributed by atoms with van der Waals surface area (Å²) in [7, 11) is -3.67. The van der Waals surface area contributed by atoms with E-state index in [9.17, 15) is 18.0 Å². The highest BCUT2D eigenvalue weighted by molar-refractivity contribution is 7.90. The van der Waals surface area contributed by atoms with Gasteiger partial charge in [0.15, 0.2) is 9.84 Å². The summed E-state index contributed by atoms with van der Waals surface area (Å²) >= 11 is 0. The number of aromatic nitrogens is 1. The molecule has 9 heteroatoms. The molecule has 2 fully saturated rings. The summed E-state index contributed by atoms with van der Waals surface area (Å²) in [6.07, 6.45) is 3.93. The van der Waals surface area contributed by atoms with Crippen LogP contribution in [0.15, 0.2) is 35.4 Å². The fourth-order valence-electron chi connectivity index (χ4n) is 4.89. The van der Waals surface area contributed by atoms with Crippen molar-refractivity contribution in [2.45, 2.75) is 38.0 Å². The Labute approximate surface area is 201 Å². The Morgan fingerprint density at radius 1 is 1.18 bits per heavy atom. The van der Waals surface area contributed by atoms with Crippen LogP contribution < -0.4 is 10.2 Å². The van der Waals surface area contributed by atoms with Crippen molar-refractivity contribution in [2.75, 3.05) is 43.9 Å². The van der Waals surface area contributed by atoms with E-state index < -0.39 is 15.8 Å². The lowest BCUT2D eigenvalue weighted by atomic mass is 9.89. The lowest BCUT2D eigenvalue weighted by molar-refractivity contribution is -0.120. The summed E-state index contributed by atoms with van der Waals surface area (Å²) in [6.45, 7) is 8.84. The molecule has 0 bridgehead atoms. The van der Waals surface area contributed by atoms with Gasteiger partial charge in [-0.2, -0.15) is 0 Å². The molecule has 2 saturated heterocycles. The normalized spacial score (nSPS) is 21.0. The Hall–Kier alpha value is -2.94. The first-order valence-electron chi connectivity index (χ1n) is 11.7. The van der Waals surface area contributed by atoms with Gasteiger partial charge >= 0.3 is 0 Å². The van der Waals surface area contributed by atoms with E-state index in [0.29, 0.717) is 38.3 Å². The van der Waals surface area contributed by atoms with E-state index in [4.69, 9.17) is 0 Å². The number of nitrogens with zero attached hydrogens (tertiary/aromatic N) is 3. The molecule has 0 spiro atoms. The Morgan fingerprint density at radius 2 is 1.88 bits per heavy atom. The van der Waals surface area contributed by atoms with Crippen molar-refractivity contribution in [3.63, 3.8) is 0 Å². The van der Waals surface area contributed by atoms with Gasteiger partial charge in [0.2, 0.25) is 5.91 Å². The van der Waals surface area contributed by atoms with Crippen LogP contribution in [0.3, 0.4) is 0 Å². The van der Waals surface area contributed by atoms with E-state index in [0.717, 1.165) is 24.1 Å². The van der Waals surface area contributed by atoms with Crippen LogP contribution in [-0.4, -0.2) is 69.1 Å². The van der Waals surface area contributed by atoms with Gasteiger partial charge in [0.25, 0.3) is 5.91 Å². The molecule has 3 heterocycles. The Bertz CT molecular complexity index is 1220. The third kappa shape index (κ3) is 4.66. The quantitative estimate of drug-likeness (QED) is 0.698. The van der Waals surface area contributed by atoms with Crippen LogP contribution in [0.1, 0.15) is 46.8 Å². The standard InChI is InChI=1S/C25H32N4O4S/c1-5-18-12-16(2)23(26-15-18)28-8-10-29(11-9-28)25(31)20-7-6-19(13-21(20)34(4,32)33)22-17(3)14-27-24(22)30/h6-7,12-13,15,17,22H,5,8-11,14H2,1-4H3,(H,27,30)/t17?,22-/m1/s1. The van der Waals surface area contributed by atoms with Crippen molar-refractivity contribution < 1.29 is 18.0 Å². The molecule has 0 saturated carbocycles. The number of benzene rings is 1. The molecule has 2 amide bonds. The first-order valence-corrected chi connectivity index (χ1v) is 13.6. The van der Waals surface area contributed by atoms with Gasteiger partial charge in [-0.15, -0.1) is 0 Å². The zero-order valence-corrected chi connectivity index (χ0v) is 21.0. The van der Waals surface area contributed by atoms with Crippen molar-refractivity contribution in [2.24, 2.45) is 5.92 Å². The number of aryl methyl sites for hydroxylation is 2. The number of sulfone groups is 1. The van der Waals surface area contributed by atoms with Gasteiger partial charge in [-0.05, 0) is 48.1 Å². The number of hydrogen-bond donors (Lipinski definition) is 1. The Morgan fingerprint density at radius 3 is 2.44 bits per heavy atom. The van der Waals surface area contributed by atoms with Crippen LogP contribution in [-0.2, 0) is 21.1 Å². The van der Waals surface area contributed by atoms with Gasteiger partial charge in [0, 0.05) is 45.2 Å². The molecule has 1 N–H and O–H groups in total. The second-order valence-corrected chi connectivity index (χ2v) is 11.3. The number of rotatable bonds is 5. The Kier molecular flexibility index (Phi) is 6.66. The number of amides is 2. The predicted octanol–water partition coefficient (Wildman–Crippen LogP) is 2.17. The first-order chi connectivity index (χ1) is 16.1. The number of anilines is 1. The van der Waals surface area contributed by atoms with Crippen molar-refractivity contribution in [3.05, 3.63) is 52.7 Å². The van der Waals surface area contributed by atoms with Crippen LogP contribution in [0.2, 0.25) is 0 Å². The summed E-state index contributed by atoms with van der Waals surface area (Å²) in [5.74, 6) is 0.148. The minimum atomic E-state index is -3.67. The SMILES string of the molecule is CCc1cnc(N2CCN(C(=O)c3ccc([C@@H]4C(=O)NCC4C)cc3S(C)(=O)=O)CC2)c(C)c1. The fourth-order valence-corrected chi connectivity index (χ4v) is 5.79. The second kappa shape index (κ2) is 9.37. The molecular weight excluding hydrogens is 452 g/mol. The van der Waals surface area contributed by atoms with Gasteiger partial charge in [0.1, 0.15) is 5.82 Å². The average molecular weight is 485 g/mol. The summed E-state index contributed by atoms with van der Waals surface area (Å²) in [4.78, 5) is 34.1. The smallest absolute Gasteiger partial charge is 0.255 e. The number of carbonyl (C=O) groups excluding carboxylic acids is 2. The zero-order valence-electron chi connectivity index (χ0n) is 20.2. The van der Waals surface area contributed by atoms with Gasteiger partial charge in [-0.25, -0.2) is 13.4 Å². The number of nitrogens with one attached hydrogen (secondary N) is 1. The fraction of sp³-hybridized carbons (Fsp3) is 0.480. The van der Waals surface area contributed by atoms with Crippen molar-refractivity contribution >= 4 is 27.5 Å². The van der Waals surface area contributed by atoms with Gasteiger partial charge in [-0.3, -0.25) is 9.59 Å². The van der Waals surface area contributed by atoms with E-state index in [2.05, 4.69) is 28.2 Å².